The molecular formula is C22H22N2O4S. The minimum absolute atomic E-state index is 0.239. The van der Waals surface area contributed by atoms with Gasteiger partial charge in [-0.15, -0.1) is 11.3 Å². The fraction of sp³-hybridized carbons (Fsp3) is 0.364. The van der Waals surface area contributed by atoms with E-state index in [0.717, 1.165) is 29.7 Å². The Morgan fingerprint density at radius 3 is 2.72 bits per heavy atom. The highest BCUT2D eigenvalue weighted by atomic mass is 32.1. The Bertz CT molecular complexity index is 1180. The van der Waals surface area contributed by atoms with Crippen LogP contribution in [0.3, 0.4) is 0 Å². The molecule has 1 aliphatic rings. The molecule has 0 fully saturated rings. The number of hydrogen-bond acceptors (Lipinski definition) is 6. The highest BCUT2D eigenvalue weighted by Gasteiger charge is 2.17. The van der Waals surface area contributed by atoms with Crippen molar-refractivity contribution in [2.45, 2.75) is 46.1 Å². The van der Waals surface area contributed by atoms with Gasteiger partial charge in [0.2, 0.25) is 0 Å². The van der Waals surface area contributed by atoms with Gasteiger partial charge in [-0.25, -0.2) is 4.98 Å². The third-order valence-electron chi connectivity index (χ3n) is 5.49. The summed E-state index contributed by atoms with van der Waals surface area (Å²) in [6.07, 6.45) is 5.70. The highest BCUT2D eigenvalue weighted by Crippen LogP contribution is 2.25. The first-order valence-corrected chi connectivity index (χ1v) is 10.5. The first-order valence-electron chi connectivity index (χ1n) is 9.70. The monoisotopic (exact) mass is 410 g/mol. The molecule has 0 radical (unpaired) electrons. The molecule has 4 rings (SSSR count). The average Bonchev–Trinajstić information content (AvgIpc) is 3.02. The van der Waals surface area contributed by atoms with E-state index in [0.29, 0.717) is 15.8 Å². The zero-order valence-electron chi connectivity index (χ0n) is 16.5. The molecule has 0 spiro atoms. The van der Waals surface area contributed by atoms with Gasteiger partial charge in [-0.05, 0) is 62.3 Å². The van der Waals surface area contributed by atoms with Crippen LogP contribution in [0.2, 0.25) is 0 Å². The van der Waals surface area contributed by atoms with Crippen LogP contribution >= 0.6 is 11.3 Å². The van der Waals surface area contributed by atoms with Gasteiger partial charge in [-0.3, -0.25) is 19.0 Å². The van der Waals surface area contributed by atoms with Gasteiger partial charge in [-0.2, -0.15) is 0 Å². The quantitative estimate of drug-likeness (QED) is 0.476. The van der Waals surface area contributed by atoms with E-state index in [-0.39, 0.29) is 24.5 Å². The number of esters is 1. The number of carbonyl (C=O) groups is 2. The Kier molecular flexibility index (Phi) is 5.32. The molecule has 0 N–H and O–H groups in total. The molecule has 0 atom stereocenters. The summed E-state index contributed by atoms with van der Waals surface area (Å²) in [4.78, 5) is 43.2. The normalized spacial score (nSPS) is 13.3. The predicted molar refractivity (Wildman–Crippen MR) is 112 cm³/mol. The Balaban J connectivity index is 1.42. The van der Waals surface area contributed by atoms with Crippen molar-refractivity contribution >= 4 is 33.3 Å². The lowest BCUT2D eigenvalue weighted by molar-refractivity contribution is -0.143. The lowest BCUT2D eigenvalue weighted by Gasteiger charge is -2.16. The van der Waals surface area contributed by atoms with Crippen molar-refractivity contribution in [3.63, 3.8) is 0 Å². The number of Topliss-reactive ketones (excluding diaryl/α,β-unsaturated/α-hetero) is 1. The van der Waals surface area contributed by atoms with Crippen molar-refractivity contribution in [3.05, 3.63) is 62.0 Å². The maximum Gasteiger partial charge on any atom is 0.326 e. The summed E-state index contributed by atoms with van der Waals surface area (Å²) in [7, 11) is 0. The van der Waals surface area contributed by atoms with Crippen LogP contribution in [0.4, 0.5) is 0 Å². The van der Waals surface area contributed by atoms with E-state index >= 15 is 0 Å². The first-order chi connectivity index (χ1) is 13.9. The molecule has 2 aromatic heterocycles. The minimum atomic E-state index is -0.635. The zero-order valence-corrected chi connectivity index (χ0v) is 17.3. The van der Waals surface area contributed by atoms with Crippen molar-refractivity contribution in [1.82, 2.24) is 9.55 Å². The van der Waals surface area contributed by atoms with Gasteiger partial charge in [-0.1, -0.05) is 12.1 Å². The summed E-state index contributed by atoms with van der Waals surface area (Å²) in [6.45, 7) is 3.20. The van der Waals surface area contributed by atoms with Crippen LogP contribution in [0.25, 0.3) is 10.2 Å². The molecule has 0 bridgehead atoms. The van der Waals surface area contributed by atoms with Gasteiger partial charge in [0.25, 0.3) is 5.56 Å². The summed E-state index contributed by atoms with van der Waals surface area (Å²) < 4.78 is 6.36. The van der Waals surface area contributed by atoms with Crippen LogP contribution in [-0.2, 0) is 28.9 Å². The number of thiophene rings is 1. The Hall–Kier alpha value is -2.80. The zero-order chi connectivity index (χ0) is 20.5. The summed E-state index contributed by atoms with van der Waals surface area (Å²) in [5, 5.41) is 0.535. The molecule has 0 saturated heterocycles. The number of aryl methyl sites for hydroxylation is 4. The lowest BCUT2D eigenvalue weighted by Crippen LogP contribution is -2.26. The van der Waals surface area contributed by atoms with Crippen molar-refractivity contribution in [2.24, 2.45) is 0 Å². The topological polar surface area (TPSA) is 78.3 Å². The average molecular weight is 410 g/mol. The second kappa shape index (κ2) is 7.91. The van der Waals surface area contributed by atoms with E-state index in [1.54, 1.807) is 6.07 Å². The first kappa shape index (κ1) is 19.5. The van der Waals surface area contributed by atoms with Crippen molar-refractivity contribution in [2.75, 3.05) is 6.61 Å². The maximum atomic E-state index is 12.6. The number of rotatable bonds is 5. The molecular weight excluding hydrogens is 388 g/mol. The van der Waals surface area contributed by atoms with Crippen LogP contribution in [0.15, 0.2) is 29.3 Å². The molecule has 0 aliphatic heterocycles. The van der Waals surface area contributed by atoms with E-state index in [1.165, 1.54) is 39.8 Å². The number of hydrogen-bond donors (Lipinski definition) is 0. The summed E-state index contributed by atoms with van der Waals surface area (Å²) in [6, 6.07) is 5.70. The number of ether oxygens (including phenoxy) is 1. The Morgan fingerprint density at radius 2 is 1.93 bits per heavy atom. The number of carbonyl (C=O) groups excluding carboxylic acids is 2. The van der Waals surface area contributed by atoms with Crippen LogP contribution in [0.1, 0.15) is 44.8 Å². The number of benzene rings is 1. The van der Waals surface area contributed by atoms with Crippen LogP contribution in [0.5, 0.6) is 0 Å². The predicted octanol–water partition coefficient (Wildman–Crippen LogP) is 3.38. The number of ketones is 1. The van der Waals surface area contributed by atoms with E-state index in [1.807, 2.05) is 26.0 Å². The number of nitrogens with zero attached hydrogens (tertiary/aromatic N) is 2. The largest absolute Gasteiger partial charge is 0.456 e. The number of aromatic nitrogens is 2. The fourth-order valence-corrected chi connectivity index (χ4v) is 4.69. The summed E-state index contributed by atoms with van der Waals surface area (Å²) in [5.41, 5.74) is 3.68. The smallest absolute Gasteiger partial charge is 0.326 e. The second-order valence-electron chi connectivity index (χ2n) is 7.42. The van der Waals surface area contributed by atoms with Crippen LogP contribution in [0, 0.1) is 13.8 Å². The fourth-order valence-electron chi connectivity index (χ4n) is 3.70. The molecule has 0 unspecified atom stereocenters. The third kappa shape index (κ3) is 3.87. The summed E-state index contributed by atoms with van der Waals surface area (Å²) in [5.74, 6) is -0.874. The molecule has 0 saturated carbocycles. The molecule has 29 heavy (non-hydrogen) atoms. The van der Waals surface area contributed by atoms with Gasteiger partial charge in [0.1, 0.15) is 11.4 Å². The maximum absolute atomic E-state index is 12.6. The third-order valence-corrected chi connectivity index (χ3v) is 6.61. The molecule has 7 heteroatoms. The van der Waals surface area contributed by atoms with E-state index in [4.69, 9.17) is 4.74 Å². The Morgan fingerprint density at radius 1 is 1.17 bits per heavy atom. The van der Waals surface area contributed by atoms with Crippen molar-refractivity contribution in [1.29, 1.82) is 0 Å². The van der Waals surface area contributed by atoms with Gasteiger partial charge < -0.3 is 4.74 Å². The van der Waals surface area contributed by atoms with Gasteiger partial charge in [0.15, 0.2) is 12.4 Å². The van der Waals surface area contributed by atoms with Crippen LogP contribution < -0.4 is 5.56 Å². The molecule has 3 aromatic rings. The van der Waals surface area contributed by atoms with E-state index in [9.17, 15) is 14.4 Å². The van der Waals surface area contributed by atoms with Gasteiger partial charge >= 0.3 is 5.97 Å². The molecule has 1 aliphatic carbocycles. The molecule has 1 aromatic carbocycles. The molecule has 6 nitrogen and oxygen atoms in total. The SMILES string of the molecule is Cc1sc2ncn(CC(=O)OCC(=O)c3ccc4c(c3)CCCC4)c(=O)c2c1C. The molecule has 150 valence electrons. The van der Waals surface area contributed by atoms with Crippen molar-refractivity contribution < 1.29 is 14.3 Å². The Labute approximate surface area is 172 Å². The number of fused-ring (bicyclic) bond motifs is 2. The van der Waals surface area contributed by atoms with Gasteiger partial charge in [0.05, 0.1) is 11.7 Å². The van der Waals surface area contributed by atoms with E-state index < -0.39 is 5.97 Å². The second-order valence-corrected chi connectivity index (χ2v) is 8.62. The van der Waals surface area contributed by atoms with E-state index in [2.05, 4.69) is 4.98 Å². The summed E-state index contributed by atoms with van der Waals surface area (Å²) >= 11 is 1.46. The molecule has 0 amide bonds. The highest BCUT2D eigenvalue weighted by molar-refractivity contribution is 7.18. The van der Waals surface area contributed by atoms with Crippen LogP contribution in [-0.4, -0.2) is 27.9 Å². The standard InChI is InChI=1S/C22H22N2O4S/c1-13-14(2)29-21-20(13)22(27)24(12-23-21)10-19(26)28-11-18(25)17-8-7-15-5-3-4-6-16(15)9-17/h7-9,12H,3-6,10-11H2,1-2H3. The lowest BCUT2D eigenvalue weighted by atomic mass is 9.90. The van der Waals surface area contributed by atoms with Crippen molar-refractivity contribution in [3.8, 4) is 0 Å². The van der Waals surface area contributed by atoms with Gasteiger partial charge in [0, 0.05) is 10.4 Å². The minimum Gasteiger partial charge on any atom is -0.456 e. The molecule has 2 heterocycles.